The second kappa shape index (κ2) is 5.27. The fourth-order valence-electron chi connectivity index (χ4n) is 1.99. The lowest BCUT2D eigenvalue weighted by Gasteiger charge is -2.20. The van der Waals surface area contributed by atoms with Crippen molar-refractivity contribution in [3.63, 3.8) is 0 Å². The topological polar surface area (TPSA) is 72.2 Å². The predicted octanol–water partition coefficient (Wildman–Crippen LogP) is 2.42. The number of hydrogen-bond donors (Lipinski definition) is 0. The first kappa shape index (κ1) is 12.0. The highest BCUT2D eigenvalue weighted by molar-refractivity contribution is 6.28. The molecule has 0 amide bonds. The van der Waals surface area contributed by atoms with Crippen molar-refractivity contribution in [2.75, 3.05) is 18.0 Å². The Hall–Kier alpha value is -1.43. The van der Waals surface area contributed by atoms with E-state index in [0.29, 0.717) is 5.82 Å². The van der Waals surface area contributed by atoms with E-state index in [1.165, 1.54) is 6.20 Å². The van der Waals surface area contributed by atoms with E-state index in [0.717, 1.165) is 38.8 Å². The van der Waals surface area contributed by atoms with Gasteiger partial charge in [0, 0.05) is 13.1 Å². The average molecular weight is 257 g/mol. The van der Waals surface area contributed by atoms with Crippen LogP contribution in [0.3, 0.4) is 0 Å². The van der Waals surface area contributed by atoms with Gasteiger partial charge in [-0.1, -0.05) is 12.8 Å². The fourth-order valence-corrected chi connectivity index (χ4v) is 2.12. The summed E-state index contributed by atoms with van der Waals surface area (Å²) in [7, 11) is 0. The van der Waals surface area contributed by atoms with Crippen LogP contribution in [-0.2, 0) is 0 Å². The minimum atomic E-state index is -0.462. The van der Waals surface area contributed by atoms with Crippen LogP contribution in [0.25, 0.3) is 0 Å². The Morgan fingerprint density at radius 3 is 2.53 bits per heavy atom. The zero-order valence-electron chi connectivity index (χ0n) is 9.30. The van der Waals surface area contributed by atoms with E-state index in [1.54, 1.807) is 0 Å². The molecule has 2 heterocycles. The summed E-state index contributed by atoms with van der Waals surface area (Å²) in [6.45, 7) is 1.57. The van der Waals surface area contributed by atoms with Crippen molar-refractivity contribution >= 4 is 23.1 Å². The molecule has 92 valence electrons. The first-order chi connectivity index (χ1) is 8.18. The van der Waals surface area contributed by atoms with Crippen molar-refractivity contribution in [3.05, 3.63) is 21.6 Å². The summed E-state index contributed by atoms with van der Waals surface area (Å²) in [6, 6.07) is 0. The highest BCUT2D eigenvalue weighted by Crippen LogP contribution is 2.27. The molecule has 0 aliphatic carbocycles. The smallest absolute Gasteiger partial charge is 0.329 e. The molecule has 0 bridgehead atoms. The normalized spacial score (nSPS) is 16.6. The molecule has 0 radical (unpaired) electrons. The molecular formula is C10H13ClN4O2. The molecule has 1 saturated heterocycles. The lowest BCUT2D eigenvalue weighted by atomic mass is 10.2. The Morgan fingerprint density at radius 1 is 1.29 bits per heavy atom. The molecule has 1 aromatic heterocycles. The van der Waals surface area contributed by atoms with E-state index >= 15 is 0 Å². The van der Waals surface area contributed by atoms with Crippen LogP contribution in [0.15, 0.2) is 6.20 Å². The number of halogens is 1. The quantitative estimate of drug-likeness (QED) is 0.462. The molecule has 1 fully saturated rings. The number of anilines is 1. The average Bonchev–Trinajstić information content (AvgIpc) is 2.56. The van der Waals surface area contributed by atoms with E-state index in [9.17, 15) is 10.1 Å². The van der Waals surface area contributed by atoms with Crippen LogP contribution in [0.5, 0.6) is 0 Å². The molecule has 0 aromatic carbocycles. The van der Waals surface area contributed by atoms with E-state index < -0.39 is 4.92 Å². The summed E-state index contributed by atoms with van der Waals surface area (Å²) >= 11 is 5.71. The van der Waals surface area contributed by atoms with Crippen molar-refractivity contribution in [2.24, 2.45) is 0 Å². The molecule has 0 unspecified atom stereocenters. The molecule has 1 aliphatic heterocycles. The lowest BCUT2D eigenvalue weighted by Crippen LogP contribution is -2.26. The maximum Gasteiger partial charge on any atom is 0.329 e. The maximum atomic E-state index is 10.9. The molecule has 0 saturated carbocycles. The molecule has 7 heteroatoms. The van der Waals surface area contributed by atoms with Gasteiger partial charge in [-0.2, -0.15) is 4.98 Å². The summed E-state index contributed by atoms with van der Waals surface area (Å²) < 4.78 is 0. The van der Waals surface area contributed by atoms with Crippen LogP contribution in [0, 0.1) is 10.1 Å². The number of aromatic nitrogens is 2. The van der Waals surface area contributed by atoms with Crippen LogP contribution in [0.4, 0.5) is 11.5 Å². The van der Waals surface area contributed by atoms with Gasteiger partial charge in [-0.3, -0.25) is 10.1 Å². The van der Waals surface area contributed by atoms with Gasteiger partial charge in [-0.15, -0.1) is 0 Å². The second-order valence-corrected chi connectivity index (χ2v) is 4.34. The van der Waals surface area contributed by atoms with Gasteiger partial charge in [0.2, 0.25) is 11.1 Å². The number of nitrogens with zero attached hydrogens (tertiary/aromatic N) is 4. The third kappa shape index (κ3) is 2.82. The highest BCUT2D eigenvalue weighted by atomic mass is 35.5. The van der Waals surface area contributed by atoms with Gasteiger partial charge in [-0.25, -0.2) is 4.98 Å². The Labute approximate surface area is 104 Å². The van der Waals surface area contributed by atoms with Crippen LogP contribution >= 0.6 is 11.6 Å². The second-order valence-electron chi connectivity index (χ2n) is 4.01. The van der Waals surface area contributed by atoms with Gasteiger partial charge in [0.15, 0.2) is 0 Å². The molecule has 6 nitrogen and oxygen atoms in total. The Morgan fingerprint density at radius 2 is 1.94 bits per heavy atom. The first-order valence-electron chi connectivity index (χ1n) is 5.60. The first-order valence-corrected chi connectivity index (χ1v) is 5.98. The summed E-state index contributed by atoms with van der Waals surface area (Å²) in [6.07, 6.45) is 5.54. The van der Waals surface area contributed by atoms with Crippen molar-refractivity contribution in [1.29, 1.82) is 0 Å². The summed E-state index contributed by atoms with van der Waals surface area (Å²) in [5, 5.41) is 11.0. The van der Waals surface area contributed by atoms with Gasteiger partial charge in [0.1, 0.15) is 6.20 Å². The zero-order valence-corrected chi connectivity index (χ0v) is 10.1. The molecule has 0 spiro atoms. The van der Waals surface area contributed by atoms with Gasteiger partial charge in [0.05, 0.1) is 4.92 Å². The molecule has 1 aromatic rings. The third-order valence-electron chi connectivity index (χ3n) is 2.82. The fraction of sp³-hybridized carbons (Fsp3) is 0.600. The van der Waals surface area contributed by atoms with Crippen LogP contribution in [0.1, 0.15) is 25.7 Å². The summed E-state index contributed by atoms with van der Waals surface area (Å²) in [4.78, 5) is 20.0. The van der Waals surface area contributed by atoms with Crippen LogP contribution in [0.2, 0.25) is 5.28 Å². The van der Waals surface area contributed by atoms with Crippen molar-refractivity contribution in [1.82, 2.24) is 9.97 Å². The van der Waals surface area contributed by atoms with E-state index in [4.69, 9.17) is 11.6 Å². The van der Waals surface area contributed by atoms with Gasteiger partial charge in [-0.05, 0) is 24.4 Å². The number of hydrogen-bond acceptors (Lipinski definition) is 5. The van der Waals surface area contributed by atoms with Gasteiger partial charge in [0.25, 0.3) is 0 Å². The minimum Gasteiger partial charge on any atom is -0.351 e. The standard InChI is InChI=1S/C10H13ClN4O2/c11-10-12-7-8(15(16)17)9(13-10)14-5-3-1-2-4-6-14/h7H,1-6H2. The van der Waals surface area contributed by atoms with Crippen molar-refractivity contribution in [2.45, 2.75) is 25.7 Å². The zero-order chi connectivity index (χ0) is 12.3. The van der Waals surface area contributed by atoms with Crippen molar-refractivity contribution < 1.29 is 4.92 Å². The molecule has 17 heavy (non-hydrogen) atoms. The Bertz CT molecular complexity index is 419. The van der Waals surface area contributed by atoms with Gasteiger partial charge >= 0.3 is 5.69 Å². The lowest BCUT2D eigenvalue weighted by molar-refractivity contribution is -0.384. The summed E-state index contributed by atoms with van der Waals surface area (Å²) in [5.41, 5.74) is -0.0729. The monoisotopic (exact) mass is 256 g/mol. The molecular weight excluding hydrogens is 244 g/mol. The van der Waals surface area contributed by atoms with Gasteiger partial charge < -0.3 is 4.90 Å². The number of nitro groups is 1. The Balaban J connectivity index is 2.34. The minimum absolute atomic E-state index is 0.0508. The molecule has 0 atom stereocenters. The SMILES string of the molecule is O=[N+]([O-])c1cnc(Cl)nc1N1CCCCCC1. The predicted molar refractivity (Wildman–Crippen MR) is 64.4 cm³/mol. The Kier molecular flexibility index (Phi) is 3.73. The van der Waals surface area contributed by atoms with E-state index in [2.05, 4.69) is 9.97 Å². The van der Waals surface area contributed by atoms with E-state index in [-0.39, 0.29) is 11.0 Å². The molecule has 2 rings (SSSR count). The third-order valence-corrected chi connectivity index (χ3v) is 3.01. The molecule has 1 aliphatic rings. The largest absolute Gasteiger partial charge is 0.351 e. The van der Waals surface area contributed by atoms with Crippen LogP contribution < -0.4 is 4.90 Å². The van der Waals surface area contributed by atoms with E-state index in [1.807, 2.05) is 4.90 Å². The van der Waals surface area contributed by atoms with Crippen LogP contribution in [-0.4, -0.2) is 28.0 Å². The number of rotatable bonds is 2. The molecule has 0 N–H and O–H groups in total. The van der Waals surface area contributed by atoms with Crippen molar-refractivity contribution in [3.8, 4) is 0 Å². The summed E-state index contributed by atoms with van der Waals surface area (Å²) in [5.74, 6) is 0.344. The maximum absolute atomic E-state index is 10.9. The highest BCUT2D eigenvalue weighted by Gasteiger charge is 2.23.